The highest BCUT2D eigenvalue weighted by Gasteiger charge is 2.47. The minimum atomic E-state index is -1.80. The number of carbonyl (C=O) groups excluding carboxylic acids is 17. The predicted octanol–water partition coefficient (Wildman–Crippen LogP) is -0.142. The number of hydrogen-bond acceptors (Lipinski definition) is 25. The maximum absolute atomic E-state index is 16.1. The van der Waals surface area contributed by atoms with Gasteiger partial charge in [0.1, 0.15) is 103 Å². The number of amides is 17. The number of unbranched alkanes of at least 4 members (excludes halogenated alkanes) is 2. The van der Waals surface area contributed by atoms with Crippen LogP contribution < -0.4 is 75.7 Å². The Bertz CT molecular complexity index is 5800. The lowest BCUT2D eigenvalue weighted by atomic mass is 9.99. The number of thioether (sulfide) groups is 1. The Balaban J connectivity index is 1.05. The number of carbonyl (C=O) groups is 18. The number of phenols is 1. The molecule has 0 spiro atoms. The molecule has 44 nitrogen and oxygen atoms in total. The Morgan fingerprint density at radius 1 is 0.556 bits per heavy atom. The third-order valence-corrected chi connectivity index (χ3v) is 26.8. The Labute approximate surface area is 837 Å². The highest BCUT2D eigenvalue weighted by Crippen LogP contribution is 2.30. The molecule has 144 heavy (non-hydrogen) atoms. The van der Waals surface area contributed by atoms with Crippen LogP contribution in [0.25, 0.3) is 32.8 Å². The number of aliphatic carboxylic acids is 1. The highest BCUT2D eigenvalue weighted by atomic mass is 32.2. The van der Waals surface area contributed by atoms with E-state index in [1.165, 1.54) is 74.2 Å². The normalized spacial score (nSPS) is 24.0. The molecule has 4 aromatic carbocycles. The second-order valence-electron chi connectivity index (χ2n) is 37.7. The van der Waals surface area contributed by atoms with E-state index >= 15 is 47.9 Å². The van der Waals surface area contributed by atoms with Crippen molar-refractivity contribution in [2.24, 2.45) is 29.0 Å². The van der Waals surface area contributed by atoms with Crippen LogP contribution in [-0.4, -0.2) is 322 Å². The van der Waals surface area contributed by atoms with Crippen LogP contribution >= 0.6 is 11.8 Å². The number of nitrogens with one attached hydrogen (secondary N) is 12. The highest BCUT2D eigenvalue weighted by molar-refractivity contribution is 8.00. The lowest BCUT2D eigenvalue weighted by molar-refractivity contribution is -0.149. The zero-order chi connectivity index (χ0) is 105. The van der Waals surface area contributed by atoms with Crippen LogP contribution in [-0.2, 0) is 112 Å². The maximum Gasteiger partial charge on any atom is 0.323 e. The molecule has 3 aliphatic rings. The van der Waals surface area contributed by atoms with Crippen LogP contribution in [0.3, 0.4) is 0 Å². The first-order valence-electron chi connectivity index (χ1n) is 48.6. The molecule has 3 saturated heterocycles. The number of phenolic OH excluding ortho intramolecular Hbond substituents is 1. The molecule has 7 aromatic rings. The number of nitrogens with zero attached hydrogens (tertiary/aromatic N) is 8. The number of carboxylic acids is 1. The number of para-hydroxylation sites is 4. The summed E-state index contributed by atoms with van der Waals surface area (Å²) >= 11 is 0.784. The van der Waals surface area contributed by atoms with Crippen molar-refractivity contribution in [3.63, 3.8) is 0 Å². The Morgan fingerprint density at radius 2 is 1.12 bits per heavy atom. The van der Waals surface area contributed by atoms with Crippen molar-refractivity contribution < 1.29 is 102 Å². The second-order valence-corrected chi connectivity index (χ2v) is 38.7. The van der Waals surface area contributed by atoms with Crippen LogP contribution in [0.15, 0.2) is 116 Å². The quantitative estimate of drug-likeness (QED) is 0.0303. The number of hydrogen-bond donors (Lipinski definition) is 18. The number of benzene rings is 4. The van der Waals surface area contributed by atoms with Gasteiger partial charge in [0.05, 0.1) is 42.1 Å². The third-order valence-electron chi connectivity index (χ3n) is 25.8. The molecule has 0 radical (unpaired) electrons. The van der Waals surface area contributed by atoms with Crippen molar-refractivity contribution in [3.05, 3.63) is 132 Å². The number of aromatic hydroxyl groups is 1. The van der Waals surface area contributed by atoms with Gasteiger partial charge in [0.2, 0.25) is 100 Å². The van der Waals surface area contributed by atoms with Gasteiger partial charge in [-0.1, -0.05) is 128 Å². The van der Waals surface area contributed by atoms with Gasteiger partial charge in [0.15, 0.2) is 0 Å². The van der Waals surface area contributed by atoms with E-state index in [1.54, 1.807) is 107 Å². The Kier molecular flexibility index (Phi) is 40.7. The number of nitrogens with two attached hydrogens (primary N) is 3. The number of anilines is 1. The molecule has 0 bridgehead atoms. The molecule has 0 aliphatic carbocycles. The first kappa shape index (κ1) is 112. The van der Waals surface area contributed by atoms with E-state index in [0.717, 1.165) is 31.4 Å². The van der Waals surface area contributed by atoms with Gasteiger partial charge < -0.3 is 125 Å². The molecule has 3 fully saturated rings. The van der Waals surface area contributed by atoms with Crippen molar-refractivity contribution in [1.82, 2.24) is 97.2 Å². The SMILES string of the molecule is CCCC[C@H]1C(=O)N(C)[C@@H](CCCC)C(=O)N[C@@H](CC(C)C)C(=O)N[C@H](C(=O)NCC(N)=O)CSCC(=O)N[C@@H](Cc2ccc(O)cc2)C(=O)N(C)[C@@H](C)C(=O)N[C@@H](CC(N)=O)C(=O)N2CCC[C@H]2C(=O)N[C@@H](CNc2cnc3ccccc3n2)C(=O)N[C@@H](CC(C)C)C(=O)N2C[C@H](O)C[C@H]2C(=O)N[C@@H](Cc2c[nH]c3ccccc23)C(=O)N[C@@H](CCN)C(=O)N[C@@H](Cc2cn(CC(=O)O)c3ccccc23)C(=O)N1C. The van der Waals surface area contributed by atoms with E-state index < -0.39 is 254 Å². The number of likely N-dealkylation sites (N-methyl/N-ethyl adjacent to an activating group) is 3. The average Bonchev–Trinajstić information content (AvgIpc) is 1.63. The number of fused-ring (bicyclic) bond motifs is 5. The number of aromatic nitrogens is 4. The summed E-state index contributed by atoms with van der Waals surface area (Å²) < 4.78 is 1.44. The van der Waals surface area contributed by atoms with Gasteiger partial charge in [0.25, 0.3) is 0 Å². The standard InChI is InChI=1S/C99H135N23O21S/c1-11-13-27-77-92(136)110-68(38-54(3)4)89(133)116-75(87(131)106-47-82(102)126)52-144-53-84(127)108-71(40-57-31-33-60(123)34-32-57)95(139)117(8)56(7)86(130)112-73(44-81(101)125)97(141)121-37-21-30-78(121)93(137)115-74(46-105-83-48-104-65-25-18-19-26-66(65)107-83)91(135)113-70(39-55(5)6)98(142)122-50-61(124)43-80(122)94(138)111-69(41-58-45-103-64-24-17-15-22-62(58)64)90(134)109-67(35-36-100)88(132)114-72(96(140)119(10)79(28-14-12-2)99(143)118(77)9)42-59-49-120(51-85(128)129)76-29-20-16-23-63(59)76/h15-20,22-26,29,31-34,45,48-49,54-56,61,67-75,77-80,103,123-124H,11-14,21,27-28,30,35-44,46-47,50-53,100H2,1-10H3,(H2,101,125)(H2,102,126)(H,105,107)(H,106,131)(H,108,127)(H,109,134)(H,110,136)(H,111,138)(H,112,130)(H,113,135)(H,114,132)(H,115,137)(H,116,133)(H,128,129)/t56-,61+,67-,68-,69-,70-,71-,72-,73-,74-,75-,77-,78-,79-,80-/m0/s1. The summed E-state index contributed by atoms with van der Waals surface area (Å²) in [5.41, 5.74) is 20.8. The van der Waals surface area contributed by atoms with Gasteiger partial charge in [-0.2, -0.15) is 0 Å². The fourth-order valence-electron chi connectivity index (χ4n) is 18.0. The van der Waals surface area contributed by atoms with Crippen LogP contribution in [0.2, 0.25) is 0 Å². The topological polar surface area (TPSA) is 641 Å². The summed E-state index contributed by atoms with van der Waals surface area (Å²) in [6, 6.07) is 4.41. The van der Waals surface area contributed by atoms with E-state index in [-0.39, 0.29) is 94.8 Å². The van der Waals surface area contributed by atoms with E-state index in [0.29, 0.717) is 75.2 Å². The summed E-state index contributed by atoms with van der Waals surface area (Å²) in [5, 5.41) is 63.2. The minimum absolute atomic E-state index is 0.00264. The lowest BCUT2D eigenvalue weighted by Crippen LogP contribution is -2.61. The van der Waals surface area contributed by atoms with Gasteiger partial charge in [-0.05, 0) is 123 Å². The fourth-order valence-corrected chi connectivity index (χ4v) is 18.9. The van der Waals surface area contributed by atoms with Gasteiger partial charge in [0, 0.05) is 106 Å². The van der Waals surface area contributed by atoms with Crippen molar-refractivity contribution >= 4 is 157 Å². The summed E-state index contributed by atoms with van der Waals surface area (Å²) in [6.07, 6.45) is 2.11. The first-order valence-corrected chi connectivity index (χ1v) is 49.7. The van der Waals surface area contributed by atoms with Gasteiger partial charge in [-0.15, -0.1) is 11.8 Å². The molecule has 3 aliphatic heterocycles. The summed E-state index contributed by atoms with van der Waals surface area (Å²) in [6.45, 7) is 9.34. The van der Waals surface area contributed by atoms with Gasteiger partial charge in [-0.3, -0.25) is 91.3 Å². The van der Waals surface area contributed by atoms with E-state index in [1.807, 2.05) is 13.8 Å². The molecular formula is C99H135N23O21S. The minimum Gasteiger partial charge on any atom is -0.508 e. The summed E-state index contributed by atoms with van der Waals surface area (Å²) in [7, 11) is 3.92. The van der Waals surface area contributed by atoms with Crippen molar-refractivity contribution in [2.45, 2.75) is 248 Å². The fraction of sp³-hybridized carbons (Fsp3) is 0.515. The molecule has 778 valence electrons. The summed E-state index contributed by atoms with van der Waals surface area (Å²) in [5.74, 6) is -18.8. The first-order chi connectivity index (χ1) is 68.6. The number of carboxylic acid groups (broad SMARTS) is 1. The number of rotatable bonds is 28. The second kappa shape index (κ2) is 52.6. The largest absolute Gasteiger partial charge is 0.508 e. The zero-order valence-corrected chi connectivity index (χ0v) is 83.5. The maximum atomic E-state index is 16.1. The van der Waals surface area contributed by atoms with Crippen molar-refractivity contribution in [2.75, 3.05) is 70.7 Å². The Morgan fingerprint density at radius 3 is 1.79 bits per heavy atom. The molecule has 45 heteroatoms. The lowest BCUT2D eigenvalue weighted by Gasteiger charge is -2.36. The zero-order valence-electron chi connectivity index (χ0n) is 82.7. The molecule has 10 rings (SSSR count). The van der Waals surface area contributed by atoms with Gasteiger partial charge in [-0.25, -0.2) is 4.98 Å². The van der Waals surface area contributed by atoms with Crippen LogP contribution in [0, 0.1) is 11.8 Å². The van der Waals surface area contributed by atoms with E-state index in [4.69, 9.17) is 17.2 Å². The Hall–Kier alpha value is -14.4. The molecule has 17 amide bonds. The molecular weight excluding hydrogens is 1880 g/mol. The van der Waals surface area contributed by atoms with Gasteiger partial charge >= 0.3 is 5.97 Å². The van der Waals surface area contributed by atoms with E-state index in [9.17, 15) is 53.7 Å². The molecule has 0 saturated carbocycles. The van der Waals surface area contributed by atoms with E-state index in [2.05, 4.69) is 73.4 Å². The monoisotopic (exact) mass is 2010 g/mol. The smallest absolute Gasteiger partial charge is 0.323 e. The predicted molar refractivity (Wildman–Crippen MR) is 534 cm³/mol. The molecule has 0 unspecified atom stereocenters. The number of H-pyrrole nitrogens is 1. The third kappa shape index (κ3) is 30.4. The molecule has 6 heterocycles. The molecule has 15 atom stereocenters. The van der Waals surface area contributed by atoms with Crippen LogP contribution in [0.4, 0.5) is 5.82 Å². The number of aromatic amines is 1. The molecule has 3 aromatic heterocycles. The number of aliphatic hydroxyl groups excluding tert-OH is 1. The van der Waals surface area contributed by atoms with Crippen molar-refractivity contribution in [3.8, 4) is 5.75 Å². The number of primary amides is 2. The van der Waals surface area contributed by atoms with Crippen LogP contribution in [0.5, 0.6) is 5.75 Å². The van der Waals surface area contributed by atoms with Crippen LogP contribution in [0.1, 0.15) is 149 Å². The molecule has 21 N–H and O–H groups in total. The average molecular weight is 2020 g/mol. The number of aliphatic hydroxyl groups is 1. The summed E-state index contributed by atoms with van der Waals surface area (Å²) in [4.78, 5) is 284. The van der Waals surface area contributed by atoms with Crippen molar-refractivity contribution in [1.29, 1.82) is 0 Å².